The molecule has 24 heavy (non-hydrogen) atoms. The van der Waals surface area contributed by atoms with E-state index in [0.29, 0.717) is 4.47 Å². The summed E-state index contributed by atoms with van der Waals surface area (Å²) in [6.07, 6.45) is 0. The predicted molar refractivity (Wildman–Crippen MR) is 91.3 cm³/mol. The first-order chi connectivity index (χ1) is 11.1. The Balaban J connectivity index is 3.29. The molecule has 5 nitrogen and oxygen atoms in total. The van der Waals surface area contributed by atoms with Gasteiger partial charge in [-0.15, -0.1) is 5.11 Å². The van der Waals surface area contributed by atoms with Crippen molar-refractivity contribution in [2.75, 3.05) is 6.61 Å². The van der Waals surface area contributed by atoms with Gasteiger partial charge in [-0.05, 0) is 52.8 Å². The van der Waals surface area contributed by atoms with Crippen LogP contribution in [0.2, 0.25) is 0 Å². The zero-order chi connectivity index (χ0) is 18.5. The number of esters is 1. The van der Waals surface area contributed by atoms with Gasteiger partial charge in [-0.2, -0.15) is 8.78 Å². The number of ether oxygens (including phenoxy) is 1. The molecule has 8 heteroatoms. The number of carbonyl (C=O) groups excluding carboxylic acids is 1. The van der Waals surface area contributed by atoms with E-state index < -0.39 is 17.5 Å². The van der Waals surface area contributed by atoms with Crippen LogP contribution >= 0.6 is 15.9 Å². The third-order valence-electron chi connectivity index (χ3n) is 3.14. The molecule has 1 aromatic carbocycles. The first-order valence-electron chi connectivity index (χ1n) is 7.66. The minimum absolute atomic E-state index is 0.0539. The average Bonchev–Trinajstić information content (AvgIpc) is 2.48. The Morgan fingerprint density at radius 1 is 1.29 bits per heavy atom. The Morgan fingerprint density at radius 3 is 2.38 bits per heavy atom. The fourth-order valence-corrected chi connectivity index (χ4v) is 2.44. The lowest BCUT2D eigenvalue weighted by Crippen LogP contribution is -2.31. The van der Waals surface area contributed by atoms with Gasteiger partial charge in [0.05, 0.1) is 17.9 Å². The molecule has 0 N–H and O–H groups in total. The molecule has 0 bridgehead atoms. The highest BCUT2D eigenvalue weighted by Gasteiger charge is 2.45. The second kappa shape index (κ2) is 8.50. The standard InChI is InChI=1S/C16H22BrF2N3O2/c1-6-24-15(23)16(18,19)13-9-12(17)7-8-14(13)20-21-22(10(2)3)11(4)5/h7-11H,6H2,1-5H3. The molecule has 1 rings (SSSR count). The summed E-state index contributed by atoms with van der Waals surface area (Å²) in [5, 5.41) is 9.69. The van der Waals surface area contributed by atoms with Gasteiger partial charge in [0, 0.05) is 16.6 Å². The third-order valence-corrected chi connectivity index (χ3v) is 3.64. The molecule has 0 amide bonds. The van der Waals surface area contributed by atoms with Crippen molar-refractivity contribution in [3.63, 3.8) is 0 Å². The van der Waals surface area contributed by atoms with Crippen LogP contribution < -0.4 is 0 Å². The van der Waals surface area contributed by atoms with Crippen LogP contribution in [0.4, 0.5) is 14.5 Å². The summed E-state index contributed by atoms with van der Waals surface area (Å²) in [7, 11) is 0. The normalized spacial score (nSPS) is 12.2. The summed E-state index contributed by atoms with van der Waals surface area (Å²) in [5.41, 5.74) is -0.630. The Morgan fingerprint density at radius 2 is 1.88 bits per heavy atom. The summed E-state index contributed by atoms with van der Waals surface area (Å²) in [5.74, 6) is -5.42. The molecule has 0 unspecified atom stereocenters. The van der Waals surface area contributed by atoms with Crippen LogP contribution in [-0.2, 0) is 15.5 Å². The molecule has 0 aliphatic carbocycles. The van der Waals surface area contributed by atoms with Gasteiger partial charge in [0.1, 0.15) is 0 Å². The van der Waals surface area contributed by atoms with E-state index in [4.69, 9.17) is 0 Å². The average molecular weight is 406 g/mol. The van der Waals surface area contributed by atoms with Gasteiger partial charge < -0.3 is 4.74 Å². The van der Waals surface area contributed by atoms with Crippen LogP contribution in [0.5, 0.6) is 0 Å². The molecule has 134 valence electrons. The Hall–Kier alpha value is -1.57. The lowest BCUT2D eigenvalue weighted by atomic mass is 10.1. The molecule has 0 aliphatic heterocycles. The van der Waals surface area contributed by atoms with E-state index in [1.807, 2.05) is 27.7 Å². The van der Waals surface area contributed by atoms with Crippen LogP contribution in [-0.4, -0.2) is 29.7 Å². The number of hydrogen-bond donors (Lipinski definition) is 0. The Bertz CT molecular complexity index is 599. The number of rotatable bonds is 7. The summed E-state index contributed by atoms with van der Waals surface area (Å²) in [4.78, 5) is 11.6. The van der Waals surface area contributed by atoms with Crippen molar-refractivity contribution in [2.45, 2.75) is 52.6 Å². The first kappa shape index (κ1) is 20.5. The van der Waals surface area contributed by atoms with Crippen LogP contribution in [0.15, 0.2) is 33.0 Å². The molecule has 0 radical (unpaired) electrons. The van der Waals surface area contributed by atoms with Crippen LogP contribution in [0.1, 0.15) is 40.2 Å². The largest absolute Gasteiger partial charge is 0.461 e. The predicted octanol–water partition coefficient (Wildman–Crippen LogP) is 5.22. The van der Waals surface area contributed by atoms with E-state index in [1.165, 1.54) is 13.0 Å². The number of carbonyl (C=O) groups is 1. The van der Waals surface area contributed by atoms with Crippen molar-refractivity contribution < 1.29 is 18.3 Å². The molecular formula is C16H22BrF2N3O2. The Labute approximate surface area is 149 Å². The van der Waals surface area contributed by atoms with Gasteiger partial charge in [-0.3, -0.25) is 5.01 Å². The van der Waals surface area contributed by atoms with Gasteiger partial charge in [0.25, 0.3) is 0 Å². The van der Waals surface area contributed by atoms with E-state index in [1.54, 1.807) is 11.1 Å². The van der Waals surface area contributed by atoms with Crippen LogP contribution in [0, 0.1) is 0 Å². The number of benzene rings is 1. The zero-order valence-corrected chi connectivity index (χ0v) is 16.0. The summed E-state index contributed by atoms with van der Waals surface area (Å²) in [6, 6.07) is 4.21. The highest BCUT2D eigenvalue weighted by Crippen LogP contribution is 2.38. The van der Waals surface area contributed by atoms with E-state index >= 15 is 0 Å². The second-order valence-corrected chi connectivity index (χ2v) is 6.63. The van der Waals surface area contributed by atoms with Crippen molar-refractivity contribution in [3.8, 4) is 0 Å². The quantitative estimate of drug-likeness (QED) is 0.354. The Kier molecular flexibility index (Phi) is 7.26. The van der Waals surface area contributed by atoms with E-state index in [2.05, 4.69) is 31.0 Å². The lowest BCUT2D eigenvalue weighted by Gasteiger charge is -2.26. The molecule has 0 spiro atoms. The van der Waals surface area contributed by atoms with E-state index in [0.717, 1.165) is 6.07 Å². The number of halogens is 3. The maximum atomic E-state index is 14.4. The molecule has 0 fully saturated rings. The van der Waals surface area contributed by atoms with Crippen molar-refractivity contribution in [1.29, 1.82) is 0 Å². The highest BCUT2D eigenvalue weighted by molar-refractivity contribution is 9.10. The van der Waals surface area contributed by atoms with Gasteiger partial charge in [0.2, 0.25) is 0 Å². The maximum absolute atomic E-state index is 14.4. The topological polar surface area (TPSA) is 54.3 Å². The summed E-state index contributed by atoms with van der Waals surface area (Å²) >= 11 is 3.14. The fraction of sp³-hybridized carbons (Fsp3) is 0.562. The van der Waals surface area contributed by atoms with Crippen LogP contribution in [0.25, 0.3) is 0 Å². The van der Waals surface area contributed by atoms with Crippen molar-refractivity contribution >= 4 is 27.6 Å². The number of alkyl halides is 2. The smallest absolute Gasteiger partial charge is 0.382 e. The molecule has 0 atom stereocenters. The minimum atomic E-state index is -3.81. The van der Waals surface area contributed by atoms with Gasteiger partial charge >= 0.3 is 11.9 Å². The SMILES string of the molecule is CCOC(=O)C(F)(F)c1cc(Br)ccc1N=NN(C(C)C)C(C)C. The lowest BCUT2D eigenvalue weighted by molar-refractivity contribution is -0.173. The summed E-state index contributed by atoms with van der Waals surface area (Å²) < 4.78 is 33.7. The monoisotopic (exact) mass is 405 g/mol. The molecule has 0 saturated carbocycles. The molecule has 0 aliphatic rings. The van der Waals surface area contributed by atoms with Crippen LogP contribution in [0.3, 0.4) is 0 Å². The van der Waals surface area contributed by atoms with Crippen molar-refractivity contribution in [2.24, 2.45) is 10.3 Å². The van der Waals surface area contributed by atoms with E-state index in [-0.39, 0.29) is 24.4 Å². The van der Waals surface area contributed by atoms with Crippen molar-refractivity contribution in [3.05, 3.63) is 28.2 Å². The van der Waals surface area contributed by atoms with Gasteiger partial charge in [-0.1, -0.05) is 21.2 Å². The zero-order valence-electron chi connectivity index (χ0n) is 14.4. The molecule has 0 aromatic heterocycles. The van der Waals surface area contributed by atoms with Gasteiger partial charge in [-0.25, -0.2) is 4.79 Å². The fourth-order valence-electron chi connectivity index (χ4n) is 2.08. The highest BCUT2D eigenvalue weighted by atomic mass is 79.9. The molecule has 0 saturated heterocycles. The minimum Gasteiger partial charge on any atom is -0.461 e. The van der Waals surface area contributed by atoms with Gasteiger partial charge in [0.15, 0.2) is 0 Å². The molecule has 0 heterocycles. The number of hydrogen-bond acceptors (Lipinski definition) is 4. The number of nitrogens with zero attached hydrogens (tertiary/aromatic N) is 3. The summed E-state index contributed by atoms with van der Waals surface area (Å²) in [6.45, 7) is 9.04. The molecular weight excluding hydrogens is 384 g/mol. The first-order valence-corrected chi connectivity index (χ1v) is 8.45. The molecule has 1 aromatic rings. The second-order valence-electron chi connectivity index (χ2n) is 5.71. The van der Waals surface area contributed by atoms with E-state index in [9.17, 15) is 13.6 Å². The van der Waals surface area contributed by atoms with Crippen molar-refractivity contribution in [1.82, 2.24) is 5.01 Å². The maximum Gasteiger partial charge on any atom is 0.382 e. The third kappa shape index (κ3) is 4.96.